The number of rotatable bonds is 2. The molecule has 0 unspecified atom stereocenters. The van der Waals surface area contributed by atoms with Crippen molar-refractivity contribution in [3.63, 3.8) is 0 Å². The maximum atomic E-state index is 12.9. The minimum absolute atomic E-state index is 0.193. The minimum atomic E-state index is -4.32. The van der Waals surface area contributed by atoms with Gasteiger partial charge in [-0.05, 0) is 49.3 Å². The summed E-state index contributed by atoms with van der Waals surface area (Å²) in [6.07, 6.45) is 0.385. The lowest BCUT2D eigenvalue weighted by molar-refractivity contribution is -0.138. The molecule has 6 heteroatoms. The normalized spacial score (nSPS) is 29.3. The molecule has 136 valence electrons. The molecule has 1 saturated heterocycles. The van der Waals surface area contributed by atoms with Crippen molar-refractivity contribution in [1.82, 2.24) is 4.90 Å². The van der Waals surface area contributed by atoms with E-state index in [-0.39, 0.29) is 11.8 Å². The van der Waals surface area contributed by atoms with Gasteiger partial charge in [0.15, 0.2) is 0 Å². The van der Waals surface area contributed by atoms with Crippen LogP contribution in [0.1, 0.15) is 31.2 Å². The Morgan fingerprint density at radius 1 is 1.04 bits per heavy atom. The summed E-state index contributed by atoms with van der Waals surface area (Å²) in [5, 5.41) is 0. The summed E-state index contributed by atoms with van der Waals surface area (Å²) in [7, 11) is 0. The molecule has 25 heavy (non-hydrogen) atoms. The molecule has 2 saturated carbocycles. The third kappa shape index (κ3) is 3.23. The molecule has 3 fully saturated rings. The van der Waals surface area contributed by atoms with E-state index >= 15 is 0 Å². The number of nitrogens with zero attached hydrogens (tertiary/aromatic N) is 2. The number of alkyl halides is 3. The van der Waals surface area contributed by atoms with E-state index in [1.165, 1.54) is 31.4 Å². The molecule has 0 aromatic heterocycles. The molecule has 3 atom stereocenters. The first-order chi connectivity index (χ1) is 11.9. The fourth-order valence-electron chi connectivity index (χ4n) is 4.85. The summed E-state index contributed by atoms with van der Waals surface area (Å²) >= 11 is 0. The average Bonchev–Trinajstić information content (AvgIpc) is 3.24. The number of benzene rings is 1. The van der Waals surface area contributed by atoms with Gasteiger partial charge in [-0.1, -0.05) is 12.5 Å². The van der Waals surface area contributed by atoms with Gasteiger partial charge < -0.3 is 9.80 Å². The molecular weight excluding hydrogens is 329 g/mol. The van der Waals surface area contributed by atoms with E-state index < -0.39 is 11.7 Å². The SMILES string of the molecule is O=C([C@H]1C[C@H]2CC[C@H]1C2)N1CCN(c2cccc(C(F)(F)F)c2)CC1. The Hall–Kier alpha value is -1.72. The van der Waals surface area contributed by atoms with Gasteiger partial charge in [-0.15, -0.1) is 0 Å². The van der Waals surface area contributed by atoms with Crippen molar-refractivity contribution in [3.8, 4) is 0 Å². The Kier molecular flexibility index (Phi) is 4.16. The molecule has 4 rings (SSSR count). The molecule has 0 N–H and O–H groups in total. The number of carbonyl (C=O) groups excluding carboxylic acids is 1. The molecule has 1 amide bonds. The van der Waals surface area contributed by atoms with E-state index in [1.54, 1.807) is 6.07 Å². The molecule has 3 aliphatic rings. The van der Waals surface area contributed by atoms with Crippen LogP contribution in [0, 0.1) is 17.8 Å². The second kappa shape index (κ2) is 6.22. The number of halogens is 3. The molecule has 3 nitrogen and oxygen atoms in total. The third-order valence-corrected chi connectivity index (χ3v) is 6.19. The molecule has 1 heterocycles. The zero-order chi connectivity index (χ0) is 17.6. The largest absolute Gasteiger partial charge is 0.416 e. The maximum Gasteiger partial charge on any atom is 0.416 e. The Bertz CT molecular complexity index is 652. The number of anilines is 1. The Morgan fingerprint density at radius 3 is 2.40 bits per heavy atom. The Labute approximate surface area is 145 Å². The maximum absolute atomic E-state index is 12.9. The summed E-state index contributed by atoms with van der Waals surface area (Å²) in [6, 6.07) is 5.46. The van der Waals surface area contributed by atoms with Crippen LogP contribution < -0.4 is 4.90 Å². The lowest BCUT2D eigenvalue weighted by atomic mass is 9.87. The lowest BCUT2D eigenvalue weighted by Crippen LogP contribution is -2.51. The van der Waals surface area contributed by atoms with Gasteiger partial charge in [0.25, 0.3) is 0 Å². The van der Waals surface area contributed by atoms with Gasteiger partial charge in [0.05, 0.1) is 5.56 Å². The van der Waals surface area contributed by atoms with Crippen LogP contribution in [0.4, 0.5) is 18.9 Å². The zero-order valence-electron chi connectivity index (χ0n) is 14.1. The summed E-state index contributed by atoms with van der Waals surface area (Å²) in [6.45, 7) is 2.38. The van der Waals surface area contributed by atoms with Crippen LogP contribution in [0.15, 0.2) is 24.3 Å². The van der Waals surface area contributed by atoms with Crippen molar-refractivity contribution >= 4 is 11.6 Å². The van der Waals surface area contributed by atoms with Crippen LogP contribution in [0.5, 0.6) is 0 Å². The first-order valence-electron chi connectivity index (χ1n) is 9.13. The standard InChI is InChI=1S/C19H23F3N2O/c20-19(21,22)15-2-1-3-16(12-15)23-6-8-24(9-7-23)18(25)17-11-13-4-5-14(17)10-13/h1-3,12-14,17H,4-11H2/t13-,14-,17-/m0/s1. The third-order valence-electron chi connectivity index (χ3n) is 6.19. The quantitative estimate of drug-likeness (QED) is 0.808. The van der Waals surface area contributed by atoms with E-state index in [1.807, 2.05) is 9.80 Å². The van der Waals surface area contributed by atoms with Gasteiger partial charge in [0.1, 0.15) is 0 Å². The van der Waals surface area contributed by atoms with Crippen molar-refractivity contribution in [1.29, 1.82) is 0 Å². The van der Waals surface area contributed by atoms with Crippen molar-refractivity contribution < 1.29 is 18.0 Å². The fourth-order valence-corrected chi connectivity index (χ4v) is 4.85. The van der Waals surface area contributed by atoms with Crippen molar-refractivity contribution in [3.05, 3.63) is 29.8 Å². The highest BCUT2D eigenvalue weighted by Crippen LogP contribution is 2.49. The summed E-state index contributed by atoms with van der Waals surface area (Å²) in [4.78, 5) is 16.6. The first-order valence-corrected chi connectivity index (χ1v) is 9.13. The molecule has 1 aromatic rings. The van der Waals surface area contributed by atoms with E-state index in [0.717, 1.165) is 18.4 Å². The van der Waals surface area contributed by atoms with Crippen LogP contribution in [-0.2, 0) is 11.0 Å². The highest BCUT2D eigenvalue weighted by molar-refractivity contribution is 5.80. The van der Waals surface area contributed by atoms with Crippen molar-refractivity contribution in [2.24, 2.45) is 17.8 Å². The number of hydrogen-bond donors (Lipinski definition) is 0. The summed E-state index contributed by atoms with van der Waals surface area (Å²) in [5.74, 6) is 1.78. The molecular formula is C19H23F3N2O. The van der Waals surface area contributed by atoms with Gasteiger partial charge in [0.2, 0.25) is 5.91 Å². The summed E-state index contributed by atoms with van der Waals surface area (Å²) < 4.78 is 38.6. The number of hydrogen-bond acceptors (Lipinski definition) is 2. The van der Waals surface area contributed by atoms with Crippen LogP contribution in [0.3, 0.4) is 0 Å². The van der Waals surface area contributed by atoms with Gasteiger partial charge in [0, 0.05) is 37.8 Å². The lowest BCUT2D eigenvalue weighted by Gasteiger charge is -2.38. The molecule has 0 radical (unpaired) electrons. The van der Waals surface area contributed by atoms with E-state index in [2.05, 4.69) is 0 Å². The predicted molar refractivity (Wildman–Crippen MR) is 89.2 cm³/mol. The van der Waals surface area contributed by atoms with Crippen LogP contribution in [0.25, 0.3) is 0 Å². The van der Waals surface area contributed by atoms with Crippen molar-refractivity contribution in [2.45, 2.75) is 31.9 Å². The first kappa shape index (κ1) is 16.7. The zero-order valence-corrected chi connectivity index (χ0v) is 14.1. The summed E-state index contributed by atoms with van der Waals surface area (Å²) in [5.41, 5.74) is -0.0349. The average molecular weight is 352 g/mol. The second-order valence-electron chi connectivity index (χ2n) is 7.64. The smallest absolute Gasteiger partial charge is 0.368 e. The van der Waals surface area contributed by atoms with Gasteiger partial charge >= 0.3 is 6.18 Å². The molecule has 1 aliphatic heterocycles. The van der Waals surface area contributed by atoms with E-state index in [4.69, 9.17) is 0 Å². The second-order valence-corrected chi connectivity index (χ2v) is 7.64. The van der Waals surface area contributed by atoms with Crippen LogP contribution in [-0.4, -0.2) is 37.0 Å². The minimum Gasteiger partial charge on any atom is -0.368 e. The molecule has 2 aliphatic carbocycles. The van der Waals surface area contributed by atoms with E-state index in [0.29, 0.717) is 37.8 Å². The molecule has 1 aromatic carbocycles. The number of fused-ring (bicyclic) bond motifs is 2. The van der Waals surface area contributed by atoms with Gasteiger partial charge in [-0.3, -0.25) is 4.79 Å². The van der Waals surface area contributed by atoms with E-state index in [9.17, 15) is 18.0 Å². The monoisotopic (exact) mass is 352 g/mol. The van der Waals surface area contributed by atoms with Gasteiger partial charge in [-0.25, -0.2) is 0 Å². The predicted octanol–water partition coefficient (Wildman–Crippen LogP) is 3.79. The topological polar surface area (TPSA) is 23.6 Å². The highest BCUT2D eigenvalue weighted by atomic mass is 19.4. The Morgan fingerprint density at radius 2 is 1.80 bits per heavy atom. The fraction of sp³-hybridized carbons (Fsp3) is 0.632. The Balaban J connectivity index is 1.38. The highest BCUT2D eigenvalue weighted by Gasteiger charge is 2.44. The van der Waals surface area contributed by atoms with Gasteiger partial charge in [-0.2, -0.15) is 13.2 Å². The van der Waals surface area contributed by atoms with Crippen LogP contribution >= 0.6 is 0 Å². The number of piperazine rings is 1. The van der Waals surface area contributed by atoms with Crippen molar-refractivity contribution in [2.75, 3.05) is 31.1 Å². The molecule has 0 spiro atoms. The number of carbonyl (C=O) groups is 1. The number of amides is 1. The molecule has 2 bridgehead atoms. The van der Waals surface area contributed by atoms with Crippen LogP contribution in [0.2, 0.25) is 0 Å².